The summed E-state index contributed by atoms with van der Waals surface area (Å²) in [5, 5.41) is 0. The maximum atomic E-state index is 12.8. The van der Waals surface area contributed by atoms with E-state index in [9.17, 15) is 9.59 Å². The molecule has 3 fully saturated rings. The molecule has 0 radical (unpaired) electrons. The fraction of sp³-hybridized carbons (Fsp3) is 0.500. The number of piperidine rings is 3. The third-order valence-electron chi connectivity index (χ3n) is 5.57. The molecule has 3 aliphatic heterocycles. The molecule has 0 aromatic heterocycles. The highest BCUT2D eigenvalue weighted by Gasteiger charge is 2.37. The van der Waals surface area contributed by atoms with Crippen molar-refractivity contribution in [1.82, 2.24) is 4.90 Å². The van der Waals surface area contributed by atoms with E-state index in [-0.39, 0.29) is 23.3 Å². The zero-order valence-electron chi connectivity index (χ0n) is 14.7. The van der Waals surface area contributed by atoms with Gasteiger partial charge in [0.05, 0.1) is 11.1 Å². The zero-order valence-corrected chi connectivity index (χ0v) is 14.7. The molecule has 3 heterocycles. The Labute approximate surface area is 152 Å². The van der Waals surface area contributed by atoms with Gasteiger partial charge in [0.25, 0.3) is 0 Å². The molecule has 1 aromatic rings. The Kier molecular flexibility index (Phi) is 4.68. The van der Waals surface area contributed by atoms with Gasteiger partial charge in [-0.1, -0.05) is 6.08 Å². The monoisotopic (exact) mass is 356 g/mol. The number of nitrogen functional groups attached to an aromatic ring is 1. The number of ether oxygens (including phenoxy) is 2. The predicted molar refractivity (Wildman–Crippen MR) is 96.8 cm³/mol. The molecule has 4 aliphatic rings. The molecule has 1 aromatic carbocycles. The van der Waals surface area contributed by atoms with Crippen molar-refractivity contribution in [2.45, 2.75) is 37.9 Å². The van der Waals surface area contributed by atoms with E-state index in [0.29, 0.717) is 11.6 Å². The number of nitrogens with two attached hydrogens (primary N) is 1. The number of anilines is 1. The Morgan fingerprint density at radius 3 is 2.46 bits per heavy atom. The molecule has 2 atom stereocenters. The number of hydrogen-bond acceptors (Lipinski definition) is 6. The highest BCUT2D eigenvalue weighted by Crippen LogP contribution is 2.30. The van der Waals surface area contributed by atoms with E-state index in [2.05, 4.69) is 4.90 Å². The number of carbonyl (C=O) groups excluding carboxylic acids is 2. The van der Waals surface area contributed by atoms with Crippen LogP contribution in [0.2, 0.25) is 0 Å². The summed E-state index contributed by atoms with van der Waals surface area (Å²) in [5.74, 6) is -0.593. The lowest BCUT2D eigenvalue weighted by molar-refractivity contribution is -0.0457. The van der Waals surface area contributed by atoms with Crippen LogP contribution in [-0.4, -0.2) is 48.7 Å². The van der Waals surface area contributed by atoms with Gasteiger partial charge in [-0.05, 0) is 69.0 Å². The minimum absolute atomic E-state index is 0.107. The standard InChI is InChI=1S/C20H24N2O4/c21-14-5-6-16(17(11-14)20(24)25-15-3-1-2-4-15)19(23)26-18-12-22-9-7-13(18)8-10-22/h1,3,5-6,11,13,15,18H,2,4,7-10,12,21H2. The first kappa shape index (κ1) is 17.1. The summed E-state index contributed by atoms with van der Waals surface area (Å²) in [6, 6.07) is 4.66. The lowest BCUT2D eigenvalue weighted by atomic mass is 9.86. The second-order valence-corrected chi connectivity index (χ2v) is 7.34. The number of fused-ring (bicyclic) bond motifs is 3. The molecule has 26 heavy (non-hydrogen) atoms. The fourth-order valence-electron chi connectivity index (χ4n) is 4.06. The molecule has 3 saturated heterocycles. The first-order valence-electron chi connectivity index (χ1n) is 9.30. The van der Waals surface area contributed by atoms with E-state index in [1.807, 2.05) is 12.2 Å². The van der Waals surface area contributed by atoms with Gasteiger partial charge in [-0.3, -0.25) is 4.90 Å². The molecular weight excluding hydrogens is 332 g/mol. The lowest BCUT2D eigenvalue weighted by Crippen LogP contribution is -2.52. The Morgan fingerprint density at radius 1 is 1.04 bits per heavy atom. The zero-order chi connectivity index (χ0) is 18.1. The van der Waals surface area contributed by atoms with Crippen molar-refractivity contribution >= 4 is 17.6 Å². The number of nitrogens with zero attached hydrogens (tertiary/aromatic N) is 1. The van der Waals surface area contributed by atoms with Gasteiger partial charge in [0.15, 0.2) is 0 Å². The van der Waals surface area contributed by atoms with E-state index < -0.39 is 11.9 Å². The van der Waals surface area contributed by atoms with Crippen LogP contribution in [0.3, 0.4) is 0 Å². The SMILES string of the molecule is Nc1ccc(C(=O)OC2CN3CCC2CC3)c(C(=O)OC2C=CCC2)c1. The van der Waals surface area contributed by atoms with Gasteiger partial charge in [-0.15, -0.1) is 0 Å². The van der Waals surface area contributed by atoms with Crippen LogP contribution in [0.4, 0.5) is 5.69 Å². The summed E-state index contributed by atoms with van der Waals surface area (Å²) in [6.45, 7) is 2.93. The molecule has 0 spiro atoms. The van der Waals surface area contributed by atoms with Crippen molar-refractivity contribution in [3.05, 3.63) is 41.5 Å². The molecule has 5 rings (SSSR count). The van der Waals surface area contributed by atoms with Crippen LogP contribution in [0.5, 0.6) is 0 Å². The Hall–Kier alpha value is -2.34. The average Bonchev–Trinajstić information content (AvgIpc) is 3.15. The minimum Gasteiger partial charge on any atom is -0.457 e. The van der Waals surface area contributed by atoms with Crippen LogP contribution in [0.15, 0.2) is 30.4 Å². The van der Waals surface area contributed by atoms with Gasteiger partial charge in [0, 0.05) is 12.2 Å². The van der Waals surface area contributed by atoms with E-state index in [0.717, 1.165) is 45.3 Å². The van der Waals surface area contributed by atoms with Crippen molar-refractivity contribution in [2.75, 3.05) is 25.4 Å². The second kappa shape index (κ2) is 7.11. The van der Waals surface area contributed by atoms with E-state index in [1.165, 1.54) is 6.07 Å². The number of esters is 2. The van der Waals surface area contributed by atoms with E-state index >= 15 is 0 Å². The smallest absolute Gasteiger partial charge is 0.339 e. The second-order valence-electron chi connectivity index (χ2n) is 7.34. The van der Waals surface area contributed by atoms with Gasteiger partial charge in [0.2, 0.25) is 0 Å². The molecule has 1 aliphatic carbocycles. The van der Waals surface area contributed by atoms with Crippen molar-refractivity contribution in [1.29, 1.82) is 0 Å². The summed E-state index contributed by atoms with van der Waals surface area (Å²) in [4.78, 5) is 27.7. The molecule has 0 saturated carbocycles. The Bertz CT molecular complexity index is 737. The third-order valence-corrected chi connectivity index (χ3v) is 5.57. The van der Waals surface area contributed by atoms with Crippen molar-refractivity contribution < 1.29 is 19.1 Å². The van der Waals surface area contributed by atoms with Gasteiger partial charge in [0.1, 0.15) is 12.2 Å². The normalized spacial score (nSPS) is 29.5. The largest absolute Gasteiger partial charge is 0.457 e. The van der Waals surface area contributed by atoms with Crippen LogP contribution >= 0.6 is 0 Å². The first-order chi connectivity index (χ1) is 12.6. The van der Waals surface area contributed by atoms with Crippen molar-refractivity contribution in [2.24, 2.45) is 5.92 Å². The Morgan fingerprint density at radius 2 is 1.81 bits per heavy atom. The quantitative estimate of drug-likeness (QED) is 0.507. The average molecular weight is 356 g/mol. The molecular formula is C20H24N2O4. The summed E-state index contributed by atoms with van der Waals surface area (Å²) in [7, 11) is 0. The van der Waals surface area contributed by atoms with Crippen LogP contribution in [0, 0.1) is 5.92 Å². The lowest BCUT2D eigenvalue weighted by Gasteiger charge is -2.43. The molecule has 0 amide bonds. The number of allylic oxidation sites excluding steroid dienone is 1. The van der Waals surface area contributed by atoms with Crippen LogP contribution < -0.4 is 5.73 Å². The maximum Gasteiger partial charge on any atom is 0.339 e. The number of rotatable bonds is 4. The first-order valence-corrected chi connectivity index (χ1v) is 9.30. The van der Waals surface area contributed by atoms with Gasteiger partial charge < -0.3 is 15.2 Å². The molecule has 2 bridgehead atoms. The van der Waals surface area contributed by atoms with Crippen molar-refractivity contribution in [3.63, 3.8) is 0 Å². The van der Waals surface area contributed by atoms with E-state index in [1.54, 1.807) is 12.1 Å². The highest BCUT2D eigenvalue weighted by molar-refractivity contribution is 6.04. The summed E-state index contributed by atoms with van der Waals surface area (Å²) in [5.41, 5.74) is 6.64. The molecule has 2 unspecified atom stereocenters. The number of benzene rings is 1. The predicted octanol–water partition coefficient (Wildman–Crippen LogP) is 2.40. The van der Waals surface area contributed by atoms with Crippen LogP contribution in [0.1, 0.15) is 46.4 Å². The summed E-state index contributed by atoms with van der Waals surface area (Å²) < 4.78 is 11.3. The molecule has 2 N–H and O–H groups in total. The maximum absolute atomic E-state index is 12.8. The molecule has 138 valence electrons. The highest BCUT2D eigenvalue weighted by atomic mass is 16.6. The summed E-state index contributed by atoms with van der Waals surface area (Å²) >= 11 is 0. The number of hydrogen-bond donors (Lipinski definition) is 1. The van der Waals surface area contributed by atoms with Gasteiger partial charge in [-0.25, -0.2) is 9.59 Å². The Balaban J connectivity index is 1.50. The summed E-state index contributed by atoms with van der Waals surface area (Å²) in [6.07, 6.45) is 7.29. The number of carbonyl (C=O) groups is 2. The third kappa shape index (κ3) is 3.46. The van der Waals surface area contributed by atoms with Crippen LogP contribution in [0.25, 0.3) is 0 Å². The van der Waals surface area contributed by atoms with E-state index in [4.69, 9.17) is 15.2 Å². The fourth-order valence-corrected chi connectivity index (χ4v) is 4.06. The van der Waals surface area contributed by atoms with Gasteiger partial charge >= 0.3 is 11.9 Å². The molecule has 6 heteroatoms. The van der Waals surface area contributed by atoms with Crippen molar-refractivity contribution in [3.8, 4) is 0 Å². The minimum atomic E-state index is -0.533. The molecule has 6 nitrogen and oxygen atoms in total. The van der Waals surface area contributed by atoms with Gasteiger partial charge in [-0.2, -0.15) is 0 Å². The van der Waals surface area contributed by atoms with Crippen LogP contribution in [-0.2, 0) is 9.47 Å². The topological polar surface area (TPSA) is 81.9 Å².